The van der Waals surface area contributed by atoms with Crippen LogP contribution in [-0.4, -0.2) is 186 Å². The highest BCUT2D eigenvalue weighted by molar-refractivity contribution is 5.96. The monoisotopic (exact) mass is 1630 g/mol. The van der Waals surface area contributed by atoms with Crippen LogP contribution < -0.4 is 21.3 Å². The number of fused-ring (bicyclic) bond motifs is 5. The van der Waals surface area contributed by atoms with E-state index < -0.39 is 48.5 Å². The van der Waals surface area contributed by atoms with Gasteiger partial charge in [0.05, 0.1) is 97.6 Å². The molecule has 0 spiro atoms. The highest BCUT2D eigenvalue weighted by Gasteiger charge is 2.44. The van der Waals surface area contributed by atoms with Crippen molar-refractivity contribution in [1.82, 2.24) is 80.7 Å². The number of hydrogen-bond donors (Lipinski definition) is 8. The van der Waals surface area contributed by atoms with E-state index in [2.05, 4.69) is 150 Å². The Kier molecular flexibility index (Phi) is 23.9. The molecule has 4 saturated heterocycles. The molecule has 626 valence electrons. The van der Waals surface area contributed by atoms with Crippen LogP contribution in [0.3, 0.4) is 0 Å². The smallest absolute Gasteiger partial charge is 0.407 e. The molecule has 17 rings (SSSR count). The van der Waals surface area contributed by atoms with Gasteiger partial charge in [-0.3, -0.25) is 19.2 Å². The normalized spacial score (nSPS) is 19.3. The summed E-state index contributed by atoms with van der Waals surface area (Å²) in [6.45, 7) is 10.1. The highest BCUT2D eigenvalue weighted by atomic mass is 16.5. The molecule has 0 radical (unpaired) electrons. The number of aromatic nitrogens is 8. The first-order chi connectivity index (χ1) is 58.2. The average molecular weight is 1630 g/mol. The summed E-state index contributed by atoms with van der Waals surface area (Å²) in [7, 11) is 5.25. The number of likely N-dealkylation sites (tertiary alicyclic amines) is 4. The van der Waals surface area contributed by atoms with Gasteiger partial charge >= 0.3 is 24.4 Å². The summed E-state index contributed by atoms with van der Waals surface area (Å²) in [4.78, 5) is 145. The Bertz CT molecular complexity index is 5500. The molecule has 28 heteroatoms. The van der Waals surface area contributed by atoms with E-state index in [1.807, 2.05) is 71.7 Å². The lowest BCUT2D eigenvalue weighted by Gasteiger charge is -2.31. The molecule has 120 heavy (non-hydrogen) atoms. The van der Waals surface area contributed by atoms with E-state index in [-0.39, 0.29) is 71.5 Å². The first kappa shape index (κ1) is 81.4. The number of methoxy groups -OCH3 is 4. The molecule has 4 aromatic heterocycles. The Morgan fingerprint density at radius 3 is 0.967 bits per heavy atom. The van der Waals surface area contributed by atoms with Crippen LogP contribution in [0.15, 0.2) is 134 Å². The van der Waals surface area contributed by atoms with E-state index in [9.17, 15) is 38.4 Å². The molecule has 6 fully saturated rings. The maximum absolute atomic E-state index is 14.0. The van der Waals surface area contributed by atoms with E-state index in [1.54, 1.807) is 0 Å². The van der Waals surface area contributed by atoms with Gasteiger partial charge in [-0.15, -0.1) is 0 Å². The van der Waals surface area contributed by atoms with Gasteiger partial charge < -0.3 is 79.8 Å². The molecule has 0 unspecified atom stereocenters. The predicted octanol–water partition coefficient (Wildman–Crippen LogP) is 15.9. The molecule has 8 amide bonds. The summed E-state index contributed by atoms with van der Waals surface area (Å²) in [6.07, 6.45) is 13.9. The zero-order chi connectivity index (χ0) is 83.6. The first-order valence-corrected chi connectivity index (χ1v) is 42.4. The lowest BCUT2D eigenvalue weighted by atomic mass is 9.96. The van der Waals surface area contributed by atoms with Gasteiger partial charge in [0.15, 0.2) is 0 Å². The van der Waals surface area contributed by atoms with Gasteiger partial charge in [-0.2, -0.15) is 0 Å². The quantitative estimate of drug-likeness (QED) is 0.0329. The minimum atomic E-state index is -0.692. The van der Waals surface area contributed by atoms with Crippen molar-refractivity contribution in [3.8, 4) is 44.6 Å². The number of imidazole rings is 4. The van der Waals surface area contributed by atoms with Crippen molar-refractivity contribution in [2.45, 2.75) is 179 Å². The SMILES string of the molecule is COC(=O)N[C@H](C(=O)N1CCC[C@H]1c1nc2ccc(-c3ccc4cc(-c5ccc6nc([C@@H]7CCCN7C(=O)[C@@H](NC(=O)OC)C(C)C)[nH]c6c5)ccc4c3)cc2[nH]1)C(C)C.COC(=O)N[C@H](C(=O)N1CCC[C@H]1c1ncc(-c2ccc3cc(-c4ccc5nc([C@@H]6CCCN6C(=O)[C@@H](NC(=O)OC)C6CCCC6)[nH]c5c4)ccc3c2)[nH]1)C1CCCC1. The standard InChI is InChI=1S/C46H54N8O6.C46H52N8O6/c1-59-45(57)51-39(27-9-3-4-10-27)43(55)53-21-7-13-37(53)41-47-26-36(50-41)33-18-17-29-23-30(15-16-31(29)24-33)32-19-20-34-35(25-32)49-42(48-34)38-14-8-22-54(38)44(56)40(52-46(58)60-2)28-11-5-6-12-28;1-25(2)39(51-45(57)59-5)43(55)53-19-7-9-37(53)41-47-33-17-15-31(23-35(33)49-41)29-13-11-28-22-30(14-12-27(28)21-29)32-16-18-34-36(24-32)50-42(48-34)38-10-8-20-54(38)44(56)40(26(3)4)52-46(58)60-6/h15-20,23-28,37-40H,3-14,21-22H2,1-2H3,(H,47,50)(H,48,49)(H,51,57)(H,52,58);11-18,21-26,37-40H,7-10,19-20H2,1-6H3,(H,47,49)(H,48,50)(H,51,57)(H,52,58)/t2*37-,38-,39-,40-/m00/s1. The number of amides is 8. The van der Waals surface area contributed by atoms with Crippen LogP contribution in [0.2, 0.25) is 0 Å². The molecule has 2 saturated carbocycles. The predicted molar refractivity (Wildman–Crippen MR) is 456 cm³/mol. The Labute approximate surface area is 695 Å². The number of carbonyl (C=O) groups excluding carboxylic acids is 8. The maximum atomic E-state index is 14.0. The molecular formula is C92H106N16O12. The number of carbonyl (C=O) groups is 8. The van der Waals surface area contributed by atoms with Crippen LogP contribution in [0.1, 0.15) is 178 Å². The van der Waals surface area contributed by atoms with E-state index in [4.69, 9.17) is 38.9 Å². The van der Waals surface area contributed by atoms with Crippen molar-refractivity contribution in [1.29, 1.82) is 0 Å². The minimum absolute atomic E-state index is 0.0607. The number of aromatic amines is 4. The zero-order valence-corrected chi connectivity index (χ0v) is 69.2. The molecular weight excluding hydrogens is 1520 g/mol. The summed E-state index contributed by atoms with van der Waals surface area (Å²) >= 11 is 0. The van der Waals surface area contributed by atoms with E-state index in [0.29, 0.717) is 26.2 Å². The van der Waals surface area contributed by atoms with Gasteiger partial charge in [0.1, 0.15) is 47.5 Å². The maximum Gasteiger partial charge on any atom is 0.407 e. The Morgan fingerprint density at radius 2 is 0.633 bits per heavy atom. The largest absolute Gasteiger partial charge is 0.453 e. The van der Waals surface area contributed by atoms with Gasteiger partial charge in [-0.25, -0.2) is 39.1 Å². The molecule has 2 aliphatic carbocycles. The van der Waals surface area contributed by atoms with Gasteiger partial charge in [-0.05, 0) is 216 Å². The van der Waals surface area contributed by atoms with Crippen molar-refractivity contribution in [2.24, 2.45) is 23.7 Å². The minimum Gasteiger partial charge on any atom is -0.453 e. The van der Waals surface area contributed by atoms with E-state index in [0.717, 1.165) is 225 Å². The molecule has 11 aromatic rings. The van der Waals surface area contributed by atoms with Crippen LogP contribution in [0, 0.1) is 23.7 Å². The number of nitrogens with one attached hydrogen (secondary N) is 8. The topological polar surface area (TPSA) is 349 Å². The Balaban J connectivity index is 0.000000179. The summed E-state index contributed by atoms with van der Waals surface area (Å²) in [6, 6.07) is 41.0. The van der Waals surface area contributed by atoms with Crippen LogP contribution in [0.4, 0.5) is 19.2 Å². The number of hydrogen-bond acceptors (Lipinski definition) is 16. The van der Waals surface area contributed by atoms with Crippen molar-refractivity contribution in [2.75, 3.05) is 54.6 Å². The fraction of sp³-hybridized carbons (Fsp3) is 0.435. The van der Waals surface area contributed by atoms with E-state index in [1.165, 1.54) is 28.4 Å². The third-order valence-corrected chi connectivity index (χ3v) is 25.5. The number of H-pyrrole nitrogens is 4. The number of ether oxygens (including phenoxy) is 4. The summed E-state index contributed by atoms with van der Waals surface area (Å²) in [5.74, 6) is 2.60. The summed E-state index contributed by atoms with van der Waals surface area (Å²) in [5.41, 5.74) is 13.5. The molecule has 8 atom stereocenters. The van der Waals surface area contributed by atoms with Crippen molar-refractivity contribution in [3.05, 3.63) is 157 Å². The van der Waals surface area contributed by atoms with Crippen LogP contribution in [-0.2, 0) is 38.1 Å². The van der Waals surface area contributed by atoms with Crippen LogP contribution >= 0.6 is 0 Å². The average Bonchev–Trinajstić information content (AvgIpc) is 1.59. The fourth-order valence-corrected chi connectivity index (χ4v) is 19.0. The second-order valence-electron chi connectivity index (χ2n) is 33.6. The summed E-state index contributed by atoms with van der Waals surface area (Å²) in [5, 5.41) is 15.5. The fourth-order valence-electron chi connectivity index (χ4n) is 19.0. The highest BCUT2D eigenvalue weighted by Crippen LogP contribution is 2.42. The Morgan fingerprint density at radius 1 is 0.342 bits per heavy atom. The third kappa shape index (κ3) is 16.9. The Hall–Kier alpha value is -12.4. The molecule has 6 aliphatic rings. The lowest BCUT2D eigenvalue weighted by molar-refractivity contribution is -0.136. The van der Waals surface area contributed by atoms with Crippen LogP contribution in [0.25, 0.3) is 99.3 Å². The summed E-state index contributed by atoms with van der Waals surface area (Å²) < 4.78 is 19.3. The second kappa shape index (κ2) is 35.3. The van der Waals surface area contributed by atoms with Gasteiger partial charge in [0, 0.05) is 31.7 Å². The molecule has 0 bridgehead atoms. The zero-order valence-electron chi connectivity index (χ0n) is 69.2. The molecule has 7 aromatic carbocycles. The van der Waals surface area contributed by atoms with Gasteiger partial charge in [-0.1, -0.05) is 120 Å². The lowest BCUT2D eigenvalue weighted by Crippen LogP contribution is -2.51. The van der Waals surface area contributed by atoms with Crippen LogP contribution in [0.5, 0.6) is 0 Å². The number of benzene rings is 7. The molecule has 28 nitrogen and oxygen atoms in total. The first-order valence-electron chi connectivity index (χ1n) is 42.4. The van der Waals surface area contributed by atoms with Crippen molar-refractivity contribution >= 4 is 103 Å². The third-order valence-electron chi connectivity index (χ3n) is 25.5. The second-order valence-corrected chi connectivity index (χ2v) is 33.6. The molecule has 8 N–H and O–H groups in total. The molecule has 4 aliphatic heterocycles. The number of rotatable bonds is 20. The van der Waals surface area contributed by atoms with Gasteiger partial charge in [0.25, 0.3) is 0 Å². The van der Waals surface area contributed by atoms with E-state index >= 15 is 0 Å². The van der Waals surface area contributed by atoms with Gasteiger partial charge in [0.2, 0.25) is 23.6 Å². The van der Waals surface area contributed by atoms with Crippen molar-refractivity contribution < 1.29 is 57.3 Å². The van der Waals surface area contributed by atoms with Crippen molar-refractivity contribution in [3.63, 3.8) is 0 Å². The molecule has 8 heterocycles. The number of nitrogens with zero attached hydrogens (tertiary/aromatic N) is 8. The number of alkyl carbamates (subject to hydrolysis) is 4.